The van der Waals surface area contributed by atoms with Crippen LogP contribution in [-0.4, -0.2) is 80.0 Å². The van der Waals surface area contributed by atoms with Crippen LogP contribution < -0.4 is 5.73 Å². The molecule has 0 rings (SSSR count). The summed E-state index contributed by atoms with van der Waals surface area (Å²) in [7, 11) is 4.15. The zero-order valence-corrected chi connectivity index (χ0v) is 14.9. The second kappa shape index (κ2) is 11.0. The molecule has 0 fully saturated rings. The van der Waals surface area contributed by atoms with E-state index in [4.69, 9.17) is 5.73 Å². The Morgan fingerprint density at radius 3 is 2.05 bits per heavy atom. The van der Waals surface area contributed by atoms with Crippen molar-refractivity contribution in [2.24, 2.45) is 11.7 Å². The summed E-state index contributed by atoms with van der Waals surface area (Å²) < 4.78 is 0. The van der Waals surface area contributed by atoms with Crippen LogP contribution in [0.25, 0.3) is 0 Å². The fourth-order valence-corrected chi connectivity index (χ4v) is 2.49. The molecule has 0 radical (unpaired) electrons. The van der Waals surface area contributed by atoms with E-state index in [1.807, 2.05) is 18.7 Å². The van der Waals surface area contributed by atoms with E-state index in [2.05, 4.69) is 37.7 Å². The number of rotatable bonds is 11. The zero-order chi connectivity index (χ0) is 16.4. The van der Waals surface area contributed by atoms with E-state index in [0.717, 1.165) is 32.7 Å². The van der Waals surface area contributed by atoms with Gasteiger partial charge in [0.2, 0.25) is 5.91 Å². The lowest BCUT2D eigenvalue weighted by Gasteiger charge is -2.34. The molecule has 0 spiro atoms. The average molecular weight is 300 g/mol. The molecule has 126 valence electrons. The lowest BCUT2D eigenvalue weighted by Crippen LogP contribution is -2.48. The Morgan fingerprint density at radius 2 is 1.67 bits per heavy atom. The van der Waals surface area contributed by atoms with Gasteiger partial charge in [0.1, 0.15) is 0 Å². The minimum atomic E-state index is 0.139. The Balaban J connectivity index is 4.74. The first-order valence-corrected chi connectivity index (χ1v) is 8.22. The van der Waals surface area contributed by atoms with Crippen molar-refractivity contribution in [3.8, 4) is 0 Å². The van der Waals surface area contributed by atoms with Gasteiger partial charge in [-0.1, -0.05) is 13.8 Å². The van der Waals surface area contributed by atoms with Crippen LogP contribution in [0.5, 0.6) is 0 Å². The number of nitrogens with zero attached hydrogens (tertiary/aromatic N) is 3. The number of hydrogen-bond donors (Lipinski definition) is 1. The third-order valence-corrected chi connectivity index (χ3v) is 3.75. The fraction of sp³-hybridized carbons (Fsp3) is 0.938. The molecule has 0 saturated carbocycles. The van der Waals surface area contributed by atoms with Crippen LogP contribution in [0.4, 0.5) is 0 Å². The Bertz CT molecular complexity index is 277. The van der Waals surface area contributed by atoms with Gasteiger partial charge in [-0.2, -0.15) is 0 Å². The molecule has 2 N–H and O–H groups in total. The van der Waals surface area contributed by atoms with E-state index in [9.17, 15) is 4.79 Å². The van der Waals surface area contributed by atoms with Gasteiger partial charge in [-0.3, -0.25) is 9.69 Å². The number of carbonyl (C=O) groups is 1. The SMILES string of the molecule is CCN(CC)C(=O)CC(CN)N(CCN(C)C)CC(C)C. The first-order valence-electron chi connectivity index (χ1n) is 8.22. The van der Waals surface area contributed by atoms with Gasteiger partial charge in [0.05, 0.1) is 0 Å². The molecule has 0 aromatic heterocycles. The number of likely N-dealkylation sites (N-methyl/N-ethyl adjacent to an activating group) is 1. The summed E-state index contributed by atoms with van der Waals surface area (Å²) >= 11 is 0. The van der Waals surface area contributed by atoms with E-state index in [-0.39, 0.29) is 11.9 Å². The Hall–Kier alpha value is -0.650. The topological polar surface area (TPSA) is 52.8 Å². The van der Waals surface area contributed by atoms with Crippen molar-refractivity contribution in [2.75, 3.05) is 53.4 Å². The summed E-state index contributed by atoms with van der Waals surface area (Å²) in [6.07, 6.45) is 0.526. The molecule has 21 heavy (non-hydrogen) atoms. The van der Waals surface area contributed by atoms with Gasteiger partial charge in [-0.15, -0.1) is 0 Å². The van der Waals surface area contributed by atoms with Crippen molar-refractivity contribution in [2.45, 2.75) is 40.2 Å². The van der Waals surface area contributed by atoms with Crippen LogP contribution in [0.2, 0.25) is 0 Å². The third-order valence-electron chi connectivity index (χ3n) is 3.75. The highest BCUT2D eigenvalue weighted by molar-refractivity contribution is 5.76. The van der Waals surface area contributed by atoms with Crippen molar-refractivity contribution in [3.63, 3.8) is 0 Å². The lowest BCUT2D eigenvalue weighted by molar-refractivity contribution is -0.132. The largest absolute Gasteiger partial charge is 0.343 e. The number of carbonyl (C=O) groups excluding carboxylic acids is 1. The molecule has 0 aliphatic heterocycles. The highest BCUT2D eigenvalue weighted by atomic mass is 16.2. The smallest absolute Gasteiger partial charge is 0.224 e. The molecule has 0 heterocycles. The minimum Gasteiger partial charge on any atom is -0.343 e. The Labute approximate surface area is 131 Å². The summed E-state index contributed by atoms with van der Waals surface area (Å²) in [5.74, 6) is 0.791. The standard InChI is InChI=1S/C16H36N4O/c1-7-19(8-2)16(21)11-15(12-17)20(13-14(3)4)10-9-18(5)6/h14-15H,7-13,17H2,1-6H3. The molecule has 1 amide bonds. The maximum atomic E-state index is 12.3. The summed E-state index contributed by atoms with van der Waals surface area (Å²) in [6, 6.07) is 0.139. The average Bonchev–Trinajstić information content (AvgIpc) is 2.41. The number of amides is 1. The Kier molecular flexibility index (Phi) is 10.6. The van der Waals surface area contributed by atoms with E-state index in [1.54, 1.807) is 0 Å². The van der Waals surface area contributed by atoms with E-state index in [0.29, 0.717) is 18.9 Å². The van der Waals surface area contributed by atoms with Crippen molar-refractivity contribution in [3.05, 3.63) is 0 Å². The van der Waals surface area contributed by atoms with Crippen molar-refractivity contribution in [1.29, 1.82) is 0 Å². The third kappa shape index (κ3) is 8.39. The summed E-state index contributed by atoms with van der Waals surface area (Å²) in [5, 5.41) is 0. The second-order valence-electron chi connectivity index (χ2n) is 6.35. The molecule has 0 aromatic rings. The molecule has 5 heteroatoms. The van der Waals surface area contributed by atoms with Crippen LogP contribution in [0, 0.1) is 5.92 Å². The number of hydrogen-bond acceptors (Lipinski definition) is 4. The van der Waals surface area contributed by atoms with E-state index < -0.39 is 0 Å². The van der Waals surface area contributed by atoms with E-state index in [1.165, 1.54) is 0 Å². The lowest BCUT2D eigenvalue weighted by atomic mass is 10.1. The molecule has 0 aliphatic carbocycles. The van der Waals surface area contributed by atoms with Crippen LogP contribution >= 0.6 is 0 Å². The Morgan fingerprint density at radius 1 is 1.10 bits per heavy atom. The maximum absolute atomic E-state index is 12.3. The van der Waals surface area contributed by atoms with Crippen LogP contribution in [-0.2, 0) is 4.79 Å². The molecule has 1 unspecified atom stereocenters. The van der Waals surface area contributed by atoms with Gasteiger partial charge in [0.25, 0.3) is 0 Å². The summed E-state index contributed by atoms with van der Waals surface area (Å²) in [5.41, 5.74) is 5.96. The quantitative estimate of drug-likeness (QED) is 0.621. The number of nitrogens with two attached hydrogens (primary N) is 1. The van der Waals surface area contributed by atoms with E-state index >= 15 is 0 Å². The highest BCUT2D eigenvalue weighted by Crippen LogP contribution is 2.10. The molecule has 1 atom stereocenters. The molecule has 5 nitrogen and oxygen atoms in total. The van der Waals surface area contributed by atoms with Crippen LogP contribution in [0.1, 0.15) is 34.1 Å². The van der Waals surface area contributed by atoms with Crippen molar-refractivity contribution >= 4 is 5.91 Å². The second-order valence-corrected chi connectivity index (χ2v) is 6.35. The van der Waals surface area contributed by atoms with Gasteiger partial charge in [-0.05, 0) is 33.9 Å². The van der Waals surface area contributed by atoms with Crippen LogP contribution in [0.15, 0.2) is 0 Å². The van der Waals surface area contributed by atoms with Gasteiger partial charge >= 0.3 is 0 Å². The normalized spacial score (nSPS) is 13.2. The molecule has 0 aliphatic rings. The zero-order valence-electron chi connectivity index (χ0n) is 14.9. The summed E-state index contributed by atoms with van der Waals surface area (Å²) in [6.45, 7) is 13.5. The maximum Gasteiger partial charge on any atom is 0.224 e. The first-order chi connectivity index (χ1) is 9.85. The predicted octanol–water partition coefficient (Wildman–Crippen LogP) is 1.09. The van der Waals surface area contributed by atoms with Crippen molar-refractivity contribution < 1.29 is 4.79 Å². The molecular weight excluding hydrogens is 264 g/mol. The summed E-state index contributed by atoms with van der Waals surface area (Å²) in [4.78, 5) is 18.8. The fourth-order valence-electron chi connectivity index (χ4n) is 2.49. The van der Waals surface area contributed by atoms with Crippen molar-refractivity contribution in [1.82, 2.24) is 14.7 Å². The minimum absolute atomic E-state index is 0.139. The van der Waals surface area contributed by atoms with Gasteiger partial charge < -0.3 is 15.5 Å². The van der Waals surface area contributed by atoms with Gasteiger partial charge in [0.15, 0.2) is 0 Å². The van der Waals surface area contributed by atoms with Crippen LogP contribution in [0.3, 0.4) is 0 Å². The molecule has 0 saturated heterocycles. The predicted molar refractivity (Wildman–Crippen MR) is 90.4 cm³/mol. The first kappa shape index (κ1) is 20.3. The van der Waals surface area contributed by atoms with Gasteiger partial charge in [0, 0.05) is 51.7 Å². The molecule has 0 aromatic carbocycles. The monoisotopic (exact) mass is 300 g/mol. The van der Waals surface area contributed by atoms with Gasteiger partial charge in [-0.25, -0.2) is 0 Å². The highest BCUT2D eigenvalue weighted by Gasteiger charge is 2.23. The molecular formula is C16H36N4O. The molecule has 0 bridgehead atoms.